The van der Waals surface area contributed by atoms with E-state index in [-0.39, 0.29) is 40.5 Å². The molecular weight excluding hydrogens is 367 g/mol. The van der Waals surface area contributed by atoms with Gasteiger partial charge in [-0.1, -0.05) is 23.7 Å². The zero-order valence-corrected chi connectivity index (χ0v) is 14.7. The molecule has 5 nitrogen and oxygen atoms in total. The van der Waals surface area contributed by atoms with E-state index in [0.29, 0.717) is 12.2 Å². The molecule has 1 saturated heterocycles. The van der Waals surface area contributed by atoms with Crippen LogP contribution < -0.4 is 9.62 Å². The van der Waals surface area contributed by atoms with Crippen LogP contribution in [0.4, 0.5) is 10.1 Å². The summed E-state index contributed by atoms with van der Waals surface area (Å²) in [6.07, 6.45) is 0.225. The molecule has 132 valence electrons. The Labute approximate surface area is 150 Å². The van der Waals surface area contributed by atoms with Gasteiger partial charge in [-0.2, -0.15) is 0 Å². The SMILES string of the molecule is O=C1C[C@@H](CNS(=O)(=O)c2ccccc2Cl)CN1c1ccc(F)cc1. The second kappa shape index (κ2) is 7.11. The summed E-state index contributed by atoms with van der Waals surface area (Å²) in [7, 11) is -3.74. The third-order valence-electron chi connectivity index (χ3n) is 4.03. The fourth-order valence-corrected chi connectivity index (χ4v) is 4.39. The molecule has 1 amide bonds. The van der Waals surface area contributed by atoms with Crippen LogP contribution >= 0.6 is 11.6 Å². The second-order valence-corrected chi connectivity index (χ2v) is 7.98. The number of carbonyl (C=O) groups excluding carboxylic acids is 1. The standard InChI is InChI=1S/C17H16ClFN2O3S/c18-15-3-1-2-4-16(15)25(23,24)20-10-12-9-17(22)21(11-12)14-7-5-13(19)6-8-14/h1-8,12,20H,9-11H2/t12-/m0/s1. The molecule has 2 aromatic carbocycles. The maximum Gasteiger partial charge on any atom is 0.242 e. The van der Waals surface area contributed by atoms with Crippen LogP contribution in [0, 0.1) is 11.7 Å². The van der Waals surface area contributed by atoms with Crippen molar-refractivity contribution < 1.29 is 17.6 Å². The molecule has 1 aliphatic heterocycles. The van der Waals surface area contributed by atoms with E-state index in [9.17, 15) is 17.6 Å². The minimum absolute atomic E-state index is 0.0105. The van der Waals surface area contributed by atoms with Gasteiger partial charge >= 0.3 is 0 Å². The summed E-state index contributed by atoms with van der Waals surface area (Å²) in [5.74, 6) is -0.664. The van der Waals surface area contributed by atoms with Crippen molar-refractivity contribution in [2.75, 3.05) is 18.0 Å². The Kier molecular flexibility index (Phi) is 5.08. The summed E-state index contributed by atoms with van der Waals surface area (Å²) in [4.78, 5) is 13.7. The first-order valence-corrected chi connectivity index (χ1v) is 9.53. The molecule has 0 spiro atoms. The molecule has 0 radical (unpaired) electrons. The summed E-state index contributed by atoms with van der Waals surface area (Å²) in [6, 6.07) is 11.8. The van der Waals surface area contributed by atoms with Gasteiger partial charge in [0.15, 0.2) is 0 Å². The molecule has 1 aliphatic rings. The number of rotatable bonds is 5. The number of nitrogens with zero attached hydrogens (tertiary/aromatic N) is 1. The zero-order chi connectivity index (χ0) is 18.0. The van der Waals surface area contributed by atoms with Crippen LogP contribution in [0.2, 0.25) is 5.02 Å². The average molecular weight is 383 g/mol. The quantitative estimate of drug-likeness (QED) is 0.864. The highest BCUT2D eigenvalue weighted by molar-refractivity contribution is 7.89. The molecule has 1 heterocycles. The van der Waals surface area contributed by atoms with Gasteiger partial charge in [-0.3, -0.25) is 4.79 Å². The molecule has 0 bridgehead atoms. The van der Waals surface area contributed by atoms with Gasteiger partial charge in [-0.05, 0) is 42.3 Å². The summed E-state index contributed by atoms with van der Waals surface area (Å²) >= 11 is 5.93. The number of hydrogen-bond acceptors (Lipinski definition) is 3. The van der Waals surface area contributed by atoms with E-state index in [1.807, 2.05) is 0 Å². The van der Waals surface area contributed by atoms with Gasteiger partial charge in [-0.25, -0.2) is 17.5 Å². The number of sulfonamides is 1. The molecule has 2 aromatic rings. The third kappa shape index (κ3) is 4.00. The van der Waals surface area contributed by atoms with Crippen LogP contribution in [-0.4, -0.2) is 27.4 Å². The topological polar surface area (TPSA) is 66.5 Å². The summed E-state index contributed by atoms with van der Waals surface area (Å²) in [6.45, 7) is 0.493. The van der Waals surface area contributed by atoms with E-state index in [0.717, 1.165) is 0 Å². The van der Waals surface area contributed by atoms with E-state index in [2.05, 4.69) is 4.72 Å². The second-order valence-electron chi connectivity index (χ2n) is 5.83. The number of benzene rings is 2. The van der Waals surface area contributed by atoms with Gasteiger partial charge < -0.3 is 4.90 Å². The predicted octanol–water partition coefficient (Wildman–Crippen LogP) is 2.81. The Balaban J connectivity index is 1.66. The van der Waals surface area contributed by atoms with Crippen molar-refractivity contribution in [1.82, 2.24) is 4.72 Å². The molecule has 1 atom stereocenters. The van der Waals surface area contributed by atoms with Gasteiger partial charge in [0.2, 0.25) is 15.9 Å². The molecule has 1 N–H and O–H groups in total. The Morgan fingerprint density at radius 3 is 2.52 bits per heavy atom. The third-order valence-corrected chi connectivity index (χ3v) is 5.95. The largest absolute Gasteiger partial charge is 0.312 e. The molecule has 25 heavy (non-hydrogen) atoms. The lowest BCUT2D eigenvalue weighted by molar-refractivity contribution is -0.117. The number of amides is 1. The number of nitrogens with one attached hydrogen (secondary N) is 1. The number of halogens is 2. The molecule has 1 fully saturated rings. The monoisotopic (exact) mass is 382 g/mol. The van der Waals surface area contributed by atoms with E-state index in [1.54, 1.807) is 12.1 Å². The lowest BCUT2D eigenvalue weighted by atomic mass is 10.1. The van der Waals surface area contributed by atoms with E-state index in [1.165, 1.54) is 41.3 Å². The van der Waals surface area contributed by atoms with Crippen LogP contribution in [0.3, 0.4) is 0 Å². The van der Waals surface area contributed by atoms with Crippen LogP contribution in [0.15, 0.2) is 53.4 Å². The van der Waals surface area contributed by atoms with E-state index >= 15 is 0 Å². The van der Waals surface area contributed by atoms with Crippen LogP contribution in [-0.2, 0) is 14.8 Å². The molecule has 0 aromatic heterocycles. The fourth-order valence-electron chi connectivity index (χ4n) is 2.76. The summed E-state index contributed by atoms with van der Waals surface area (Å²) in [5, 5.41) is 0.144. The minimum atomic E-state index is -3.74. The van der Waals surface area contributed by atoms with Crippen molar-refractivity contribution in [3.05, 3.63) is 59.4 Å². The van der Waals surface area contributed by atoms with Gasteiger partial charge in [0, 0.05) is 25.2 Å². The minimum Gasteiger partial charge on any atom is -0.312 e. The Morgan fingerprint density at radius 1 is 1.16 bits per heavy atom. The predicted molar refractivity (Wildman–Crippen MR) is 93.5 cm³/mol. The normalized spacial score (nSPS) is 17.9. The van der Waals surface area contributed by atoms with Crippen LogP contribution in [0.25, 0.3) is 0 Å². The first-order valence-electron chi connectivity index (χ1n) is 7.67. The molecule has 0 saturated carbocycles. The van der Waals surface area contributed by atoms with Crippen molar-refractivity contribution in [3.8, 4) is 0 Å². The van der Waals surface area contributed by atoms with Gasteiger partial charge in [0.25, 0.3) is 0 Å². The Bertz CT molecular complexity index is 887. The smallest absolute Gasteiger partial charge is 0.242 e. The fraction of sp³-hybridized carbons (Fsp3) is 0.235. The first kappa shape index (κ1) is 17.8. The van der Waals surface area contributed by atoms with Crippen molar-refractivity contribution >= 4 is 33.2 Å². The Morgan fingerprint density at radius 2 is 1.84 bits per heavy atom. The first-order chi connectivity index (χ1) is 11.9. The van der Waals surface area contributed by atoms with Crippen molar-refractivity contribution in [2.24, 2.45) is 5.92 Å². The van der Waals surface area contributed by atoms with Crippen molar-refractivity contribution in [2.45, 2.75) is 11.3 Å². The van der Waals surface area contributed by atoms with E-state index in [4.69, 9.17) is 11.6 Å². The molecule has 8 heteroatoms. The summed E-state index contributed by atoms with van der Waals surface area (Å²) < 4.78 is 40.2. The lowest BCUT2D eigenvalue weighted by Gasteiger charge is -2.17. The van der Waals surface area contributed by atoms with Gasteiger partial charge in [0.05, 0.1) is 5.02 Å². The van der Waals surface area contributed by atoms with Gasteiger partial charge in [0.1, 0.15) is 10.7 Å². The summed E-state index contributed by atoms with van der Waals surface area (Å²) in [5.41, 5.74) is 0.600. The number of hydrogen-bond donors (Lipinski definition) is 1. The molecule has 0 unspecified atom stereocenters. The number of carbonyl (C=O) groups is 1. The molecule has 0 aliphatic carbocycles. The van der Waals surface area contributed by atoms with Crippen molar-refractivity contribution in [3.63, 3.8) is 0 Å². The maximum atomic E-state index is 13.0. The van der Waals surface area contributed by atoms with Crippen LogP contribution in [0.1, 0.15) is 6.42 Å². The van der Waals surface area contributed by atoms with E-state index < -0.39 is 10.0 Å². The van der Waals surface area contributed by atoms with Crippen LogP contribution in [0.5, 0.6) is 0 Å². The molecule has 3 rings (SSSR count). The highest BCUT2D eigenvalue weighted by Gasteiger charge is 2.31. The van der Waals surface area contributed by atoms with Crippen molar-refractivity contribution in [1.29, 1.82) is 0 Å². The average Bonchev–Trinajstić information content (AvgIpc) is 2.95. The number of anilines is 1. The zero-order valence-electron chi connectivity index (χ0n) is 13.2. The Hall–Kier alpha value is -1.96. The lowest BCUT2D eigenvalue weighted by Crippen LogP contribution is -2.31. The highest BCUT2D eigenvalue weighted by Crippen LogP contribution is 2.26. The highest BCUT2D eigenvalue weighted by atomic mass is 35.5. The maximum absolute atomic E-state index is 13.0. The molecular formula is C17H16ClFN2O3S. The van der Waals surface area contributed by atoms with Gasteiger partial charge in [-0.15, -0.1) is 0 Å².